The van der Waals surface area contributed by atoms with Gasteiger partial charge in [-0.15, -0.1) is 0 Å². The third-order valence-electron chi connectivity index (χ3n) is 5.42. The number of carbonyl (C=O) groups excluding carboxylic acids is 1. The van der Waals surface area contributed by atoms with Gasteiger partial charge in [-0.1, -0.05) is 36.8 Å². The van der Waals surface area contributed by atoms with Crippen LogP contribution in [0, 0.1) is 0 Å². The van der Waals surface area contributed by atoms with E-state index in [0.717, 1.165) is 36.2 Å². The quantitative estimate of drug-likeness (QED) is 0.730. The zero-order chi connectivity index (χ0) is 18.6. The van der Waals surface area contributed by atoms with Crippen LogP contribution in [0.25, 0.3) is 16.8 Å². The molecule has 3 heterocycles. The summed E-state index contributed by atoms with van der Waals surface area (Å²) in [5.74, 6) is -0.403. The van der Waals surface area contributed by atoms with Crippen LogP contribution in [-0.4, -0.2) is 40.1 Å². The number of likely N-dealkylation sites (tertiary alicyclic amines) is 1. The molecule has 3 aromatic rings. The van der Waals surface area contributed by atoms with E-state index in [9.17, 15) is 4.79 Å². The van der Waals surface area contributed by atoms with Crippen LogP contribution in [0.15, 0.2) is 48.7 Å². The largest absolute Gasteiger partial charge is 0.366 e. The minimum atomic E-state index is -0.403. The molecule has 4 rings (SSSR count). The predicted octanol–water partition coefficient (Wildman–Crippen LogP) is 3.52. The maximum atomic E-state index is 11.6. The number of nitrogens with zero attached hydrogens (tertiary/aromatic N) is 3. The second kappa shape index (κ2) is 7.92. The summed E-state index contributed by atoms with van der Waals surface area (Å²) in [6, 6.07) is 13.9. The Hall–Kier alpha value is -2.66. The number of aromatic nitrogens is 2. The lowest BCUT2D eigenvalue weighted by Crippen LogP contribution is -2.30. The molecular weight excluding hydrogens is 336 g/mol. The molecule has 5 nitrogen and oxygen atoms in total. The number of piperidine rings is 1. The van der Waals surface area contributed by atoms with Crippen LogP contribution < -0.4 is 5.73 Å². The van der Waals surface area contributed by atoms with Crippen molar-refractivity contribution in [3.05, 3.63) is 59.8 Å². The summed E-state index contributed by atoms with van der Waals surface area (Å²) in [5.41, 5.74) is 10.3. The SMILES string of the molecule is NC(=O)c1ccn2nc(-c3ccccc3)c(CCCN3CCCCC3)c2c1. The zero-order valence-corrected chi connectivity index (χ0v) is 15.6. The standard InChI is InChI=1S/C22H26N4O/c23-22(27)18-11-15-26-20(16-18)19(10-7-14-25-12-5-2-6-13-25)21(24-26)17-8-3-1-4-9-17/h1,3-4,8-9,11,15-16H,2,5-7,10,12-14H2,(H2,23,27). The second-order valence-corrected chi connectivity index (χ2v) is 7.31. The molecule has 0 aliphatic carbocycles. The summed E-state index contributed by atoms with van der Waals surface area (Å²) in [5, 5.41) is 4.80. The molecule has 5 heteroatoms. The molecule has 0 unspecified atom stereocenters. The summed E-state index contributed by atoms with van der Waals surface area (Å²) < 4.78 is 1.87. The van der Waals surface area contributed by atoms with Crippen LogP contribution in [0.1, 0.15) is 41.6 Å². The first-order chi connectivity index (χ1) is 13.2. The van der Waals surface area contributed by atoms with Gasteiger partial charge in [-0.2, -0.15) is 5.10 Å². The van der Waals surface area contributed by atoms with Crippen molar-refractivity contribution in [2.45, 2.75) is 32.1 Å². The van der Waals surface area contributed by atoms with Crippen molar-refractivity contribution >= 4 is 11.4 Å². The molecule has 1 amide bonds. The molecule has 140 valence electrons. The van der Waals surface area contributed by atoms with E-state index in [1.807, 2.05) is 35.0 Å². The molecular formula is C22H26N4O. The van der Waals surface area contributed by atoms with Crippen molar-refractivity contribution in [3.8, 4) is 11.3 Å². The van der Waals surface area contributed by atoms with Crippen LogP contribution in [0.5, 0.6) is 0 Å². The molecule has 0 spiro atoms. The van der Waals surface area contributed by atoms with Gasteiger partial charge >= 0.3 is 0 Å². The zero-order valence-electron chi connectivity index (χ0n) is 15.6. The predicted molar refractivity (Wildman–Crippen MR) is 108 cm³/mol. The van der Waals surface area contributed by atoms with Gasteiger partial charge in [0.2, 0.25) is 5.91 Å². The van der Waals surface area contributed by atoms with E-state index in [0.29, 0.717) is 5.56 Å². The van der Waals surface area contributed by atoms with Gasteiger partial charge in [-0.25, -0.2) is 4.52 Å². The fourth-order valence-electron chi connectivity index (χ4n) is 3.98. The fourth-order valence-corrected chi connectivity index (χ4v) is 3.98. The number of primary amides is 1. The van der Waals surface area contributed by atoms with E-state index < -0.39 is 5.91 Å². The Labute approximate surface area is 159 Å². The van der Waals surface area contributed by atoms with Crippen LogP contribution in [-0.2, 0) is 6.42 Å². The highest BCUT2D eigenvalue weighted by Crippen LogP contribution is 2.28. The van der Waals surface area contributed by atoms with Crippen molar-refractivity contribution in [1.29, 1.82) is 0 Å². The third-order valence-corrected chi connectivity index (χ3v) is 5.42. The molecule has 2 aromatic heterocycles. The van der Waals surface area contributed by atoms with Crippen molar-refractivity contribution < 1.29 is 4.79 Å². The highest BCUT2D eigenvalue weighted by atomic mass is 16.1. The van der Waals surface area contributed by atoms with Gasteiger partial charge in [-0.05, 0) is 57.5 Å². The lowest BCUT2D eigenvalue weighted by Gasteiger charge is -2.26. The summed E-state index contributed by atoms with van der Waals surface area (Å²) in [4.78, 5) is 14.2. The molecule has 1 aliphatic rings. The Morgan fingerprint density at radius 1 is 1.07 bits per heavy atom. The van der Waals surface area contributed by atoms with Gasteiger partial charge in [0.15, 0.2) is 0 Å². The molecule has 2 N–H and O–H groups in total. The molecule has 1 fully saturated rings. The summed E-state index contributed by atoms with van der Waals surface area (Å²) in [6.45, 7) is 3.54. The Kier molecular flexibility index (Phi) is 5.21. The topological polar surface area (TPSA) is 63.6 Å². The van der Waals surface area contributed by atoms with Gasteiger partial charge in [0.05, 0.1) is 11.2 Å². The molecule has 0 radical (unpaired) electrons. The fraction of sp³-hybridized carbons (Fsp3) is 0.364. The van der Waals surface area contributed by atoms with Gasteiger partial charge in [-0.3, -0.25) is 4.79 Å². The van der Waals surface area contributed by atoms with Gasteiger partial charge in [0.25, 0.3) is 0 Å². The normalized spacial score (nSPS) is 15.3. The summed E-state index contributed by atoms with van der Waals surface area (Å²) >= 11 is 0. The molecule has 0 atom stereocenters. The summed E-state index contributed by atoms with van der Waals surface area (Å²) in [7, 11) is 0. The lowest BCUT2D eigenvalue weighted by atomic mass is 10.0. The van der Waals surface area contributed by atoms with E-state index in [1.54, 1.807) is 6.07 Å². The number of aryl methyl sites for hydroxylation is 1. The minimum absolute atomic E-state index is 0.403. The van der Waals surface area contributed by atoms with Crippen molar-refractivity contribution in [1.82, 2.24) is 14.5 Å². The number of amides is 1. The number of pyridine rings is 1. The number of benzene rings is 1. The monoisotopic (exact) mass is 362 g/mol. The van der Waals surface area contributed by atoms with Crippen molar-refractivity contribution in [3.63, 3.8) is 0 Å². The second-order valence-electron chi connectivity index (χ2n) is 7.31. The van der Waals surface area contributed by atoms with Crippen LogP contribution >= 0.6 is 0 Å². The minimum Gasteiger partial charge on any atom is -0.366 e. The molecule has 27 heavy (non-hydrogen) atoms. The Balaban J connectivity index is 1.66. The number of rotatable bonds is 6. The van der Waals surface area contributed by atoms with E-state index >= 15 is 0 Å². The Morgan fingerprint density at radius 2 is 1.85 bits per heavy atom. The van der Waals surface area contributed by atoms with E-state index in [2.05, 4.69) is 17.0 Å². The van der Waals surface area contributed by atoms with E-state index in [-0.39, 0.29) is 0 Å². The van der Waals surface area contributed by atoms with E-state index in [1.165, 1.54) is 37.9 Å². The van der Waals surface area contributed by atoms with Gasteiger partial charge < -0.3 is 10.6 Å². The first-order valence-corrected chi connectivity index (χ1v) is 9.81. The van der Waals surface area contributed by atoms with E-state index in [4.69, 9.17) is 10.8 Å². The summed E-state index contributed by atoms with van der Waals surface area (Å²) in [6.07, 6.45) is 7.84. The molecule has 0 bridgehead atoms. The Morgan fingerprint density at radius 3 is 2.59 bits per heavy atom. The molecule has 1 aromatic carbocycles. The van der Waals surface area contributed by atoms with Crippen LogP contribution in [0.3, 0.4) is 0 Å². The number of hydrogen-bond donors (Lipinski definition) is 1. The number of carbonyl (C=O) groups is 1. The Bertz CT molecular complexity index is 926. The molecule has 1 aliphatic heterocycles. The smallest absolute Gasteiger partial charge is 0.248 e. The molecule has 1 saturated heterocycles. The highest BCUT2D eigenvalue weighted by Gasteiger charge is 2.17. The maximum Gasteiger partial charge on any atom is 0.248 e. The van der Waals surface area contributed by atoms with Crippen LogP contribution in [0.4, 0.5) is 0 Å². The van der Waals surface area contributed by atoms with Gasteiger partial charge in [0.1, 0.15) is 0 Å². The maximum absolute atomic E-state index is 11.6. The molecule has 0 saturated carbocycles. The lowest BCUT2D eigenvalue weighted by molar-refractivity contribution is 0.100. The van der Waals surface area contributed by atoms with Crippen molar-refractivity contribution in [2.24, 2.45) is 5.73 Å². The first-order valence-electron chi connectivity index (χ1n) is 9.81. The number of hydrogen-bond acceptors (Lipinski definition) is 3. The highest BCUT2D eigenvalue weighted by molar-refractivity contribution is 5.94. The average molecular weight is 362 g/mol. The van der Waals surface area contributed by atoms with Gasteiger partial charge in [0, 0.05) is 22.9 Å². The number of nitrogens with two attached hydrogens (primary N) is 1. The average Bonchev–Trinajstić information content (AvgIpc) is 3.07. The number of fused-ring (bicyclic) bond motifs is 1. The first kappa shape index (κ1) is 17.7. The van der Waals surface area contributed by atoms with Crippen LogP contribution in [0.2, 0.25) is 0 Å². The third kappa shape index (κ3) is 3.88. The van der Waals surface area contributed by atoms with Crippen molar-refractivity contribution in [2.75, 3.05) is 19.6 Å².